The van der Waals surface area contributed by atoms with Crippen molar-refractivity contribution in [2.45, 2.75) is 46.1 Å². The first-order valence-electron chi connectivity index (χ1n) is 11.2. The molecule has 1 aliphatic rings. The van der Waals surface area contributed by atoms with Gasteiger partial charge in [0.15, 0.2) is 11.5 Å². The number of anilines is 1. The van der Waals surface area contributed by atoms with Crippen LogP contribution in [0.25, 0.3) is 0 Å². The Kier molecular flexibility index (Phi) is 7.50. The first kappa shape index (κ1) is 22.6. The summed E-state index contributed by atoms with van der Waals surface area (Å²) in [5, 5.41) is 10.6. The van der Waals surface area contributed by atoms with Crippen LogP contribution in [0.2, 0.25) is 0 Å². The zero-order valence-corrected chi connectivity index (χ0v) is 18.7. The van der Waals surface area contributed by atoms with E-state index in [0.29, 0.717) is 13.0 Å². The van der Waals surface area contributed by atoms with Gasteiger partial charge in [-0.2, -0.15) is 0 Å². The molecule has 164 valence electrons. The number of amides is 1. The van der Waals surface area contributed by atoms with Gasteiger partial charge in [-0.15, -0.1) is 0 Å². The molecule has 5 heteroatoms. The Labute approximate surface area is 185 Å². The van der Waals surface area contributed by atoms with Gasteiger partial charge in [0.05, 0.1) is 11.6 Å². The highest BCUT2D eigenvalue weighted by Crippen LogP contribution is 2.39. The Hall–Kier alpha value is -3.08. The summed E-state index contributed by atoms with van der Waals surface area (Å²) in [4.78, 5) is 29.8. The molecule has 0 saturated heterocycles. The lowest BCUT2D eigenvalue weighted by atomic mass is 9.93. The molecule has 1 amide bonds. The van der Waals surface area contributed by atoms with Gasteiger partial charge >= 0.3 is 0 Å². The molecule has 2 aromatic carbocycles. The van der Waals surface area contributed by atoms with E-state index in [1.807, 2.05) is 61.5 Å². The molecule has 0 radical (unpaired) electrons. The van der Waals surface area contributed by atoms with Crippen molar-refractivity contribution in [3.05, 3.63) is 77.1 Å². The summed E-state index contributed by atoms with van der Waals surface area (Å²) in [5.41, 5.74) is 3.24. The molecule has 1 heterocycles. The third-order valence-corrected chi connectivity index (χ3v) is 5.89. The van der Waals surface area contributed by atoms with Gasteiger partial charge in [-0.3, -0.25) is 9.59 Å². The van der Waals surface area contributed by atoms with Crippen molar-refractivity contribution in [1.29, 1.82) is 0 Å². The molecule has 2 aromatic rings. The zero-order valence-electron chi connectivity index (χ0n) is 18.7. The van der Waals surface area contributed by atoms with E-state index in [4.69, 9.17) is 0 Å². The minimum absolute atomic E-state index is 0.175. The number of aliphatic hydroxyl groups excluding tert-OH is 1. The number of carbonyl (C=O) groups excluding carboxylic acids is 2. The SMILES string of the molecule is CCCN1C(=O)C(O)=C(C(=O)CCc2ccccc2)C1c1ccc(N(CC)CC)cc1. The van der Waals surface area contributed by atoms with Gasteiger partial charge in [-0.05, 0) is 49.9 Å². The number of aryl methyl sites for hydroxylation is 1. The van der Waals surface area contributed by atoms with E-state index < -0.39 is 17.7 Å². The van der Waals surface area contributed by atoms with Crippen LogP contribution in [0, 0.1) is 0 Å². The summed E-state index contributed by atoms with van der Waals surface area (Å²) in [6.07, 6.45) is 1.58. The highest BCUT2D eigenvalue weighted by Gasteiger charge is 2.42. The fraction of sp³-hybridized carbons (Fsp3) is 0.385. The first-order valence-corrected chi connectivity index (χ1v) is 11.2. The number of ketones is 1. The Morgan fingerprint density at radius 2 is 1.65 bits per heavy atom. The first-order chi connectivity index (χ1) is 15.0. The van der Waals surface area contributed by atoms with Crippen LogP contribution in [-0.2, 0) is 16.0 Å². The molecule has 0 saturated carbocycles. The Balaban J connectivity index is 1.90. The van der Waals surface area contributed by atoms with Gasteiger partial charge in [-0.25, -0.2) is 0 Å². The van der Waals surface area contributed by atoms with Gasteiger partial charge < -0.3 is 14.9 Å². The van der Waals surface area contributed by atoms with Gasteiger partial charge in [0.25, 0.3) is 5.91 Å². The molecule has 0 bridgehead atoms. The van der Waals surface area contributed by atoms with Gasteiger partial charge in [0, 0.05) is 31.7 Å². The monoisotopic (exact) mass is 420 g/mol. The predicted molar refractivity (Wildman–Crippen MR) is 124 cm³/mol. The van der Waals surface area contributed by atoms with E-state index >= 15 is 0 Å². The largest absolute Gasteiger partial charge is 0.503 e. The normalized spacial score (nSPS) is 16.2. The van der Waals surface area contributed by atoms with E-state index in [1.54, 1.807) is 4.90 Å². The fourth-order valence-corrected chi connectivity index (χ4v) is 4.25. The second-order valence-electron chi connectivity index (χ2n) is 7.84. The molecule has 5 nitrogen and oxygen atoms in total. The number of benzene rings is 2. The lowest BCUT2D eigenvalue weighted by Crippen LogP contribution is -2.32. The summed E-state index contributed by atoms with van der Waals surface area (Å²) in [6.45, 7) is 8.51. The van der Waals surface area contributed by atoms with E-state index in [9.17, 15) is 14.7 Å². The highest BCUT2D eigenvalue weighted by molar-refractivity contribution is 6.09. The molecule has 3 rings (SSSR count). The van der Waals surface area contributed by atoms with Crippen molar-refractivity contribution in [2.75, 3.05) is 24.5 Å². The maximum Gasteiger partial charge on any atom is 0.290 e. The van der Waals surface area contributed by atoms with E-state index in [0.717, 1.165) is 36.3 Å². The summed E-state index contributed by atoms with van der Waals surface area (Å²) in [5.74, 6) is -1.03. The topological polar surface area (TPSA) is 60.9 Å². The van der Waals surface area contributed by atoms with Crippen molar-refractivity contribution in [3.63, 3.8) is 0 Å². The van der Waals surface area contributed by atoms with Crippen LogP contribution in [-0.4, -0.2) is 41.3 Å². The summed E-state index contributed by atoms with van der Waals surface area (Å²) < 4.78 is 0. The minimum atomic E-state index is -0.540. The molecule has 31 heavy (non-hydrogen) atoms. The van der Waals surface area contributed by atoms with Crippen LogP contribution >= 0.6 is 0 Å². The predicted octanol–water partition coefficient (Wildman–Crippen LogP) is 4.84. The van der Waals surface area contributed by atoms with Crippen LogP contribution < -0.4 is 4.90 Å². The lowest BCUT2D eigenvalue weighted by Gasteiger charge is -2.27. The molecule has 0 fully saturated rings. The smallest absolute Gasteiger partial charge is 0.290 e. The Morgan fingerprint density at radius 3 is 2.23 bits per heavy atom. The highest BCUT2D eigenvalue weighted by atomic mass is 16.3. The number of aliphatic hydroxyl groups is 1. The maximum absolute atomic E-state index is 13.2. The summed E-state index contributed by atoms with van der Waals surface area (Å²) in [7, 11) is 0. The number of carbonyl (C=O) groups is 2. The molecule has 1 aliphatic heterocycles. The number of hydrogen-bond acceptors (Lipinski definition) is 4. The minimum Gasteiger partial charge on any atom is -0.503 e. The fourth-order valence-electron chi connectivity index (χ4n) is 4.25. The number of hydrogen-bond donors (Lipinski definition) is 1. The van der Waals surface area contributed by atoms with Crippen molar-refractivity contribution >= 4 is 17.4 Å². The van der Waals surface area contributed by atoms with Crippen molar-refractivity contribution in [3.8, 4) is 0 Å². The molecule has 1 N–H and O–H groups in total. The van der Waals surface area contributed by atoms with Crippen LogP contribution in [0.5, 0.6) is 0 Å². The van der Waals surface area contributed by atoms with Crippen LogP contribution in [0.4, 0.5) is 5.69 Å². The average molecular weight is 421 g/mol. The quantitative estimate of drug-likeness (QED) is 0.597. The lowest BCUT2D eigenvalue weighted by molar-refractivity contribution is -0.129. The van der Waals surface area contributed by atoms with E-state index in [1.165, 1.54) is 0 Å². The number of rotatable bonds is 10. The van der Waals surface area contributed by atoms with Crippen molar-refractivity contribution in [1.82, 2.24) is 4.90 Å². The molecule has 0 spiro atoms. The van der Waals surface area contributed by atoms with E-state index in [2.05, 4.69) is 18.7 Å². The maximum atomic E-state index is 13.2. The molecular formula is C26H32N2O3. The van der Waals surface area contributed by atoms with E-state index in [-0.39, 0.29) is 17.8 Å². The summed E-state index contributed by atoms with van der Waals surface area (Å²) >= 11 is 0. The second-order valence-corrected chi connectivity index (χ2v) is 7.84. The second kappa shape index (κ2) is 10.3. The molecule has 0 aliphatic carbocycles. The van der Waals surface area contributed by atoms with Crippen molar-refractivity contribution < 1.29 is 14.7 Å². The molecule has 0 aromatic heterocycles. The Morgan fingerprint density at radius 1 is 1.00 bits per heavy atom. The van der Waals surface area contributed by atoms with Crippen LogP contribution in [0.3, 0.4) is 0 Å². The third kappa shape index (κ3) is 4.82. The molecular weight excluding hydrogens is 388 g/mol. The van der Waals surface area contributed by atoms with Crippen LogP contribution in [0.15, 0.2) is 65.9 Å². The molecule has 1 atom stereocenters. The third-order valence-electron chi connectivity index (χ3n) is 5.89. The van der Waals surface area contributed by atoms with Gasteiger partial charge in [-0.1, -0.05) is 49.4 Å². The van der Waals surface area contributed by atoms with Gasteiger partial charge in [0.2, 0.25) is 0 Å². The Bertz CT molecular complexity index is 931. The van der Waals surface area contributed by atoms with Gasteiger partial charge in [0.1, 0.15) is 0 Å². The number of Topliss-reactive ketones (excluding diaryl/α,β-unsaturated/α-hetero) is 1. The number of nitrogens with zero attached hydrogens (tertiary/aromatic N) is 2. The summed E-state index contributed by atoms with van der Waals surface area (Å²) in [6, 6.07) is 17.2. The standard InChI is InChI=1S/C26H32N2O3/c1-4-18-28-24(20-13-15-21(16-14-20)27(5-2)6-3)23(25(30)26(28)31)22(29)17-12-19-10-8-7-9-11-19/h7-11,13-16,24,30H,4-6,12,17-18H2,1-3H3. The average Bonchev–Trinajstić information content (AvgIpc) is 3.05. The van der Waals surface area contributed by atoms with Crippen LogP contribution in [0.1, 0.15) is 50.8 Å². The molecule has 1 unspecified atom stereocenters. The zero-order chi connectivity index (χ0) is 22.4. The van der Waals surface area contributed by atoms with Crippen molar-refractivity contribution in [2.24, 2.45) is 0 Å².